The molecular weight excluding hydrogens is 374 g/mol. The molecule has 3 aromatic carbocycles. The van der Waals surface area contributed by atoms with Gasteiger partial charge in [-0.2, -0.15) is 5.10 Å². The molecule has 0 fully saturated rings. The molecular formula is C25H25N3O2. The molecule has 0 heterocycles. The molecule has 0 radical (unpaired) electrons. The molecule has 3 rings (SSSR count). The molecule has 0 aromatic heterocycles. The molecule has 0 atom stereocenters. The van der Waals surface area contributed by atoms with E-state index in [0.717, 1.165) is 22.5 Å². The van der Waals surface area contributed by atoms with Gasteiger partial charge in [-0.15, -0.1) is 0 Å². The van der Waals surface area contributed by atoms with E-state index in [0.29, 0.717) is 5.75 Å². The van der Waals surface area contributed by atoms with Crippen LogP contribution in [0, 0.1) is 0 Å². The van der Waals surface area contributed by atoms with Crippen LogP contribution in [-0.4, -0.2) is 26.3 Å². The fourth-order valence-corrected chi connectivity index (χ4v) is 2.94. The van der Waals surface area contributed by atoms with Crippen molar-refractivity contribution in [2.45, 2.75) is 6.92 Å². The van der Waals surface area contributed by atoms with Gasteiger partial charge in [0.25, 0.3) is 0 Å². The summed E-state index contributed by atoms with van der Waals surface area (Å²) in [6.07, 6.45) is 5.78. The van der Waals surface area contributed by atoms with Gasteiger partial charge in [-0.1, -0.05) is 54.6 Å². The maximum atomic E-state index is 11.0. The zero-order valence-corrected chi connectivity index (χ0v) is 17.4. The van der Waals surface area contributed by atoms with Gasteiger partial charge < -0.3 is 9.64 Å². The topological polar surface area (TPSA) is 53.9 Å². The van der Waals surface area contributed by atoms with Crippen LogP contribution < -0.4 is 15.1 Å². The number of nitrogens with one attached hydrogen (secondary N) is 1. The number of hydrogen-bond donors (Lipinski definition) is 1. The Morgan fingerprint density at radius 2 is 1.57 bits per heavy atom. The average Bonchev–Trinajstić information content (AvgIpc) is 2.78. The summed E-state index contributed by atoms with van der Waals surface area (Å²) in [4.78, 5) is 13.1. The third-order valence-electron chi connectivity index (χ3n) is 4.57. The van der Waals surface area contributed by atoms with Gasteiger partial charge in [-0.25, -0.2) is 5.43 Å². The van der Waals surface area contributed by atoms with Crippen LogP contribution >= 0.6 is 0 Å². The summed E-state index contributed by atoms with van der Waals surface area (Å²) in [5, 5.41) is 3.95. The first-order valence-corrected chi connectivity index (χ1v) is 9.61. The maximum Gasteiger partial charge on any atom is 0.236 e. The van der Waals surface area contributed by atoms with E-state index in [1.165, 1.54) is 12.5 Å². The zero-order valence-electron chi connectivity index (χ0n) is 17.4. The smallest absolute Gasteiger partial charge is 0.236 e. The van der Waals surface area contributed by atoms with Crippen LogP contribution in [0.5, 0.6) is 5.75 Å². The van der Waals surface area contributed by atoms with Crippen molar-refractivity contribution in [3.63, 3.8) is 0 Å². The minimum Gasteiger partial charge on any atom is -0.496 e. The van der Waals surface area contributed by atoms with Gasteiger partial charge in [0.2, 0.25) is 5.91 Å². The van der Waals surface area contributed by atoms with Crippen molar-refractivity contribution in [2.24, 2.45) is 5.10 Å². The lowest BCUT2D eigenvalue weighted by Gasteiger charge is -2.21. The molecule has 0 unspecified atom stereocenters. The van der Waals surface area contributed by atoms with E-state index >= 15 is 0 Å². The third-order valence-corrected chi connectivity index (χ3v) is 4.57. The summed E-state index contributed by atoms with van der Waals surface area (Å²) >= 11 is 0. The van der Waals surface area contributed by atoms with Crippen molar-refractivity contribution in [3.05, 3.63) is 89.5 Å². The van der Waals surface area contributed by atoms with Crippen LogP contribution in [0.15, 0.2) is 77.9 Å². The molecule has 0 aliphatic heterocycles. The van der Waals surface area contributed by atoms with Crippen molar-refractivity contribution in [1.82, 2.24) is 5.43 Å². The Bertz CT molecular complexity index is 1040. The van der Waals surface area contributed by atoms with Gasteiger partial charge in [0.05, 0.1) is 13.3 Å². The Labute approximate surface area is 177 Å². The zero-order chi connectivity index (χ0) is 21.3. The van der Waals surface area contributed by atoms with Gasteiger partial charge in [-0.05, 0) is 41.5 Å². The number of amides is 1. The van der Waals surface area contributed by atoms with E-state index in [-0.39, 0.29) is 5.91 Å². The molecule has 5 nitrogen and oxygen atoms in total. The van der Waals surface area contributed by atoms with Crippen molar-refractivity contribution < 1.29 is 9.53 Å². The lowest BCUT2D eigenvalue weighted by Crippen LogP contribution is -2.13. The van der Waals surface area contributed by atoms with Crippen LogP contribution in [-0.2, 0) is 4.79 Å². The molecule has 30 heavy (non-hydrogen) atoms. The van der Waals surface area contributed by atoms with Gasteiger partial charge in [-0.3, -0.25) is 4.79 Å². The monoisotopic (exact) mass is 399 g/mol. The molecule has 0 spiro atoms. The predicted octanol–water partition coefficient (Wildman–Crippen LogP) is 5.10. The summed E-state index contributed by atoms with van der Waals surface area (Å²) in [6.45, 7) is 1.41. The first kappa shape index (κ1) is 20.9. The van der Waals surface area contributed by atoms with Crippen LogP contribution in [0.2, 0.25) is 0 Å². The molecule has 0 aliphatic rings. The van der Waals surface area contributed by atoms with E-state index in [4.69, 9.17) is 4.74 Å². The summed E-state index contributed by atoms with van der Waals surface area (Å²) in [5.41, 5.74) is 7.53. The molecule has 0 aliphatic carbocycles. The normalized spacial score (nSPS) is 11.0. The number of benzene rings is 3. The van der Waals surface area contributed by atoms with Gasteiger partial charge >= 0.3 is 0 Å². The number of carbonyl (C=O) groups excluding carboxylic acids is 1. The SMILES string of the molecule is COc1ccc(N(C)c2ccc(/C=C/c3ccccc3)cc2)cc1/C=N/NC(C)=O. The average molecular weight is 399 g/mol. The van der Waals surface area contributed by atoms with Gasteiger partial charge in [0.1, 0.15) is 5.75 Å². The molecule has 152 valence electrons. The van der Waals surface area contributed by atoms with Crippen molar-refractivity contribution in [1.29, 1.82) is 0 Å². The number of hydrazone groups is 1. The highest BCUT2D eigenvalue weighted by Crippen LogP contribution is 2.28. The van der Waals surface area contributed by atoms with Crippen LogP contribution in [0.1, 0.15) is 23.6 Å². The maximum absolute atomic E-state index is 11.0. The quantitative estimate of drug-likeness (QED) is 0.341. The molecule has 1 N–H and O–H groups in total. The van der Waals surface area contributed by atoms with Crippen LogP contribution in [0.4, 0.5) is 11.4 Å². The summed E-state index contributed by atoms with van der Waals surface area (Å²) < 4.78 is 5.39. The minimum absolute atomic E-state index is 0.222. The second kappa shape index (κ2) is 10.1. The molecule has 0 saturated carbocycles. The molecule has 0 saturated heterocycles. The van der Waals surface area contributed by atoms with Crippen LogP contribution in [0.3, 0.4) is 0 Å². The second-order valence-electron chi connectivity index (χ2n) is 6.75. The third kappa shape index (κ3) is 5.58. The van der Waals surface area contributed by atoms with E-state index in [1.54, 1.807) is 13.3 Å². The van der Waals surface area contributed by atoms with Crippen LogP contribution in [0.25, 0.3) is 12.2 Å². The van der Waals surface area contributed by atoms with E-state index in [1.807, 2.05) is 43.4 Å². The largest absolute Gasteiger partial charge is 0.496 e. The number of rotatable bonds is 7. The van der Waals surface area contributed by atoms with E-state index < -0.39 is 0 Å². The number of anilines is 2. The lowest BCUT2D eigenvalue weighted by atomic mass is 10.1. The number of methoxy groups -OCH3 is 1. The van der Waals surface area contributed by atoms with Crippen molar-refractivity contribution >= 4 is 35.6 Å². The Morgan fingerprint density at radius 1 is 0.933 bits per heavy atom. The molecule has 1 amide bonds. The van der Waals surface area contributed by atoms with E-state index in [2.05, 4.69) is 64.0 Å². The predicted molar refractivity (Wildman–Crippen MR) is 124 cm³/mol. The first-order valence-electron chi connectivity index (χ1n) is 9.61. The standard InChI is InChI=1S/C25H25N3O2/c1-19(29)27-26-18-22-17-24(15-16-25(22)30-3)28(2)23-13-11-21(12-14-23)10-9-20-7-5-4-6-8-20/h4-18H,1-3H3,(H,27,29)/b10-9+,26-18+. The van der Waals surface area contributed by atoms with E-state index in [9.17, 15) is 4.79 Å². The summed E-state index contributed by atoms with van der Waals surface area (Å²) in [5.74, 6) is 0.461. The number of hydrogen-bond acceptors (Lipinski definition) is 4. The van der Waals surface area contributed by atoms with Crippen molar-refractivity contribution in [3.8, 4) is 5.75 Å². The summed E-state index contributed by atoms with van der Waals surface area (Å²) in [6, 6.07) is 24.4. The van der Waals surface area contributed by atoms with Gasteiger partial charge in [0.15, 0.2) is 0 Å². The lowest BCUT2D eigenvalue weighted by molar-refractivity contribution is -0.118. The fourth-order valence-electron chi connectivity index (χ4n) is 2.94. The number of nitrogens with zero attached hydrogens (tertiary/aromatic N) is 2. The fraction of sp³-hybridized carbons (Fsp3) is 0.120. The number of carbonyl (C=O) groups is 1. The molecule has 0 bridgehead atoms. The Hall–Kier alpha value is -3.86. The molecule has 3 aromatic rings. The van der Waals surface area contributed by atoms with Crippen molar-refractivity contribution in [2.75, 3.05) is 19.1 Å². The Balaban J connectivity index is 1.77. The Morgan fingerprint density at radius 3 is 2.20 bits per heavy atom. The highest BCUT2D eigenvalue weighted by molar-refractivity contribution is 5.87. The van der Waals surface area contributed by atoms with Gasteiger partial charge in [0, 0.05) is 30.9 Å². The minimum atomic E-state index is -0.222. The first-order chi connectivity index (χ1) is 14.6. The number of ether oxygens (including phenoxy) is 1. The highest BCUT2D eigenvalue weighted by atomic mass is 16.5. The molecule has 5 heteroatoms. The Kier molecular flexibility index (Phi) is 7.00. The second-order valence-corrected chi connectivity index (χ2v) is 6.75. The summed E-state index contributed by atoms with van der Waals surface area (Å²) in [7, 11) is 3.61. The highest BCUT2D eigenvalue weighted by Gasteiger charge is 2.08.